The molecule has 2 saturated heterocycles. The molecule has 1 unspecified atom stereocenters. The van der Waals surface area contributed by atoms with Crippen LogP contribution in [0.2, 0.25) is 0 Å². The van der Waals surface area contributed by atoms with Crippen LogP contribution < -0.4 is 10.0 Å². The molecular formula is C12H25N3O4S2. The molecular weight excluding hydrogens is 314 g/mol. The molecule has 0 radical (unpaired) electrons. The highest BCUT2D eigenvalue weighted by Gasteiger charge is 2.32. The van der Waals surface area contributed by atoms with E-state index in [9.17, 15) is 16.8 Å². The van der Waals surface area contributed by atoms with E-state index in [0.717, 1.165) is 19.4 Å². The summed E-state index contributed by atoms with van der Waals surface area (Å²) in [7, 11) is -4.78. The fourth-order valence-electron chi connectivity index (χ4n) is 3.04. The largest absolute Gasteiger partial charge is 0.319 e. The SMILES string of the molecule is CNCC1CCN(S(=O)(=O)NC2CCCS(=O)(=O)C2)CC1. The standard InChI is InChI=1S/C12H25N3O4S2/c1-13-9-11-4-6-15(7-5-11)21(18,19)14-12-3-2-8-20(16,17)10-12/h11-14H,2-10H2,1H3. The van der Waals surface area contributed by atoms with Crippen LogP contribution in [0.25, 0.3) is 0 Å². The number of rotatable bonds is 5. The average Bonchev–Trinajstić information content (AvgIpc) is 2.38. The van der Waals surface area contributed by atoms with E-state index in [1.54, 1.807) is 0 Å². The van der Waals surface area contributed by atoms with Crippen molar-refractivity contribution in [3.05, 3.63) is 0 Å². The second kappa shape index (κ2) is 6.91. The van der Waals surface area contributed by atoms with Gasteiger partial charge in [-0.25, -0.2) is 8.42 Å². The van der Waals surface area contributed by atoms with Gasteiger partial charge in [-0.3, -0.25) is 0 Å². The van der Waals surface area contributed by atoms with Crippen molar-refractivity contribution in [2.75, 3.05) is 38.2 Å². The molecule has 9 heteroatoms. The lowest BCUT2D eigenvalue weighted by Gasteiger charge is -2.33. The van der Waals surface area contributed by atoms with Crippen molar-refractivity contribution in [3.8, 4) is 0 Å². The molecule has 2 heterocycles. The van der Waals surface area contributed by atoms with Gasteiger partial charge in [-0.15, -0.1) is 0 Å². The topological polar surface area (TPSA) is 95.6 Å². The quantitative estimate of drug-likeness (QED) is 0.693. The molecule has 7 nitrogen and oxygen atoms in total. The fraction of sp³-hybridized carbons (Fsp3) is 1.00. The van der Waals surface area contributed by atoms with Gasteiger partial charge < -0.3 is 5.32 Å². The molecule has 21 heavy (non-hydrogen) atoms. The first-order valence-electron chi connectivity index (χ1n) is 7.45. The number of hydrogen-bond donors (Lipinski definition) is 2. The molecule has 0 bridgehead atoms. The predicted octanol–water partition coefficient (Wildman–Crippen LogP) is -0.671. The summed E-state index contributed by atoms with van der Waals surface area (Å²) >= 11 is 0. The summed E-state index contributed by atoms with van der Waals surface area (Å²) in [6, 6.07) is -0.483. The molecule has 124 valence electrons. The average molecular weight is 339 g/mol. The number of sulfone groups is 1. The predicted molar refractivity (Wildman–Crippen MR) is 82.0 cm³/mol. The minimum atomic E-state index is -3.57. The van der Waals surface area contributed by atoms with E-state index in [4.69, 9.17) is 0 Å². The molecule has 1 atom stereocenters. The van der Waals surface area contributed by atoms with Crippen molar-refractivity contribution in [1.82, 2.24) is 14.3 Å². The normalized spacial score (nSPS) is 28.5. The lowest BCUT2D eigenvalue weighted by molar-refractivity contribution is 0.267. The molecule has 0 aliphatic carbocycles. The molecule has 2 N–H and O–H groups in total. The summed E-state index contributed by atoms with van der Waals surface area (Å²) in [5, 5.41) is 3.12. The number of piperidine rings is 1. The Morgan fingerprint density at radius 3 is 2.43 bits per heavy atom. The third-order valence-electron chi connectivity index (χ3n) is 4.18. The maximum atomic E-state index is 12.3. The number of hydrogen-bond acceptors (Lipinski definition) is 5. The number of nitrogens with one attached hydrogen (secondary N) is 2. The van der Waals surface area contributed by atoms with E-state index in [1.165, 1.54) is 4.31 Å². The first-order valence-corrected chi connectivity index (χ1v) is 10.7. The van der Waals surface area contributed by atoms with Crippen LogP contribution in [0.5, 0.6) is 0 Å². The third-order valence-corrected chi connectivity index (χ3v) is 7.68. The monoisotopic (exact) mass is 339 g/mol. The van der Waals surface area contributed by atoms with E-state index < -0.39 is 26.1 Å². The van der Waals surface area contributed by atoms with E-state index in [2.05, 4.69) is 10.0 Å². The summed E-state index contributed by atoms with van der Waals surface area (Å²) in [5.74, 6) is 0.597. The van der Waals surface area contributed by atoms with Gasteiger partial charge >= 0.3 is 0 Å². The lowest BCUT2D eigenvalue weighted by atomic mass is 9.98. The van der Waals surface area contributed by atoms with E-state index in [-0.39, 0.29) is 11.5 Å². The molecule has 2 aliphatic rings. The van der Waals surface area contributed by atoms with Gasteiger partial charge in [0, 0.05) is 19.1 Å². The highest BCUT2D eigenvalue weighted by atomic mass is 32.2. The molecule has 0 aromatic rings. The fourth-order valence-corrected chi connectivity index (χ4v) is 6.25. The maximum absolute atomic E-state index is 12.3. The Morgan fingerprint density at radius 1 is 1.19 bits per heavy atom. The van der Waals surface area contributed by atoms with E-state index in [1.807, 2.05) is 7.05 Å². The zero-order valence-electron chi connectivity index (χ0n) is 12.4. The van der Waals surface area contributed by atoms with Crippen LogP contribution in [-0.2, 0) is 20.0 Å². The van der Waals surface area contributed by atoms with Crippen molar-refractivity contribution in [3.63, 3.8) is 0 Å². The highest BCUT2D eigenvalue weighted by molar-refractivity contribution is 7.91. The molecule has 2 rings (SSSR count). The second-order valence-corrected chi connectivity index (χ2v) is 9.91. The van der Waals surface area contributed by atoms with Crippen LogP contribution in [-0.4, -0.2) is 65.4 Å². The molecule has 0 saturated carbocycles. The summed E-state index contributed by atoms with van der Waals surface area (Å²) in [6.07, 6.45) is 2.80. The smallest absolute Gasteiger partial charge is 0.279 e. The van der Waals surface area contributed by atoms with Crippen LogP contribution in [0.3, 0.4) is 0 Å². The minimum Gasteiger partial charge on any atom is -0.319 e. The summed E-state index contributed by atoms with van der Waals surface area (Å²) < 4.78 is 51.8. The lowest BCUT2D eigenvalue weighted by Crippen LogP contribution is -2.51. The zero-order valence-corrected chi connectivity index (χ0v) is 14.0. The Kier molecular flexibility index (Phi) is 5.64. The maximum Gasteiger partial charge on any atom is 0.279 e. The van der Waals surface area contributed by atoms with Crippen molar-refractivity contribution in [2.45, 2.75) is 31.7 Å². The van der Waals surface area contributed by atoms with E-state index in [0.29, 0.717) is 31.8 Å². The van der Waals surface area contributed by atoms with Crippen molar-refractivity contribution in [2.24, 2.45) is 5.92 Å². The Hall–Kier alpha value is -0.220. The van der Waals surface area contributed by atoms with Crippen LogP contribution in [0.15, 0.2) is 0 Å². The summed E-state index contributed by atoms with van der Waals surface area (Å²) in [6.45, 7) is 1.91. The van der Waals surface area contributed by atoms with Gasteiger partial charge in [-0.1, -0.05) is 0 Å². The minimum absolute atomic E-state index is 0.0809. The van der Waals surface area contributed by atoms with Crippen molar-refractivity contribution < 1.29 is 16.8 Å². The van der Waals surface area contributed by atoms with Gasteiger partial charge in [-0.2, -0.15) is 17.4 Å². The number of nitrogens with zero attached hydrogens (tertiary/aromatic N) is 1. The van der Waals surface area contributed by atoms with Crippen molar-refractivity contribution >= 4 is 20.0 Å². The molecule has 2 aliphatic heterocycles. The molecule has 0 amide bonds. The first kappa shape index (κ1) is 17.1. The Bertz CT molecular complexity index is 539. The molecule has 0 spiro atoms. The van der Waals surface area contributed by atoms with E-state index >= 15 is 0 Å². The van der Waals surface area contributed by atoms with Gasteiger partial charge in [0.05, 0.1) is 11.5 Å². The zero-order chi connectivity index (χ0) is 15.5. The Morgan fingerprint density at radius 2 is 1.86 bits per heavy atom. The Balaban J connectivity index is 1.90. The highest BCUT2D eigenvalue weighted by Crippen LogP contribution is 2.20. The molecule has 2 fully saturated rings. The van der Waals surface area contributed by atoms with Crippen LogP contribution in [0.4, 0.5) is 0 Å². The van der Waals surface area contributed by atoms with Gasteiger partial charge in [-0.05, 0) is 45.2 Å². The van der Waals surface area contributed by atoms with Gasteiger partial charge in [0.2, 0.25) is 0 Å². The summed E-state index contributed by atoms with van der Waals surface area (Å²) in [4.78, 5) is 0. The first-order chi connectivity index (χ1) is 9.82. The van der Waals surface area contributed by atoms with Gasteiger partial charge in [0.25, 0.3) is 10.2 Å². The second-order valence-electron chi connectivity index (χ2n) is 5.98. The summed E-state index contributed by atoms with van der Waals surface area (Å²) in [5.41, 5.74) is 0. The van der Waals surface area contributed by atoms with Gasteiger partial charge in [0.15, 0.2) is 9.84 Å². The van der Waals surface area contributed by atoms with Crippen molar-refractivity contribution in [1.29, 1.82) is 0 Å². The third kappa shape index (κ3) is 4.88. The van der Waals surface area contributed by atoms with Gasteiger partial charge in [0.1, 0.15) is 0 Å². The van der Waals surface area contributed by atoms with Crippen LogP contribution in [0.1, 0.15) is 25.7 Å². The Labute approximate surface area is 127 Å². The molecule has 0 aromatic heterocycles. The molecule has 0 aromatic carbocycles. The van der Waals surface area contributed by atoms with Crippen LogP contribution in [0, 0.1) is 5.92 Å². The van der Waals surface area contributed by atoms with Crippen LogP contribution >= 0.6 is 0 Å².